The van der Waals surface area contributed by atoms with E-state index < -0.39 is 0 Å². The molecule has 4 nitrogen and oxygen atoms in total. The molecule has 0 aliphatic heterocycles. The average molecular weight is 201 g/mol. The van der Waals surface area contributed by atoms with E-state index >= 15 is 0 Å². The minimum absolute atomic E-state index is 0.0891. The van der Waals surface area contributed by atoms with Crippen molar-refractivity contribution in [2.75, 3.05) is 13.6 Å². The first-order valence-corrected chi connectivity index (χ1v) is 5.07. The zero-order valence-corrected chi connectivity index (χ0v) is 9.86. The van der Waals surface area contributed by atoms with E-state index in [1.165, 1.54) is 0 Å². The second-order valence-electron chi connectivity index (χ2n) is 4.35. The van der Waals surface area contributed by atoms with E-state index in [4.69, 9.17) is 10.9 Å². The molecule has 4 heteroatoms. The zero-order valence-electron chi connectivity index (χ0n) is 9.86. The Morgan fingerprint density at radius 2 is 1.86 bits per heavy atom. The second kappa shape index (κ2) is 5.86. The van der Waals surface area contributed by atoms with E-state index in [9.17, 15) is 0 Å². The third-order valence-electron chi connectivity index (χ3n) is 2.84. The van der Waals surface area contributed by atoms with Gasteiger partial charge in [-0.3, -0.25) is 0 Å². The summed E-state index contributed by atoms with van der Waals surface area (Å²) in [7, 11) is 2.06. The number of rotatable bonds is 5. The summed E-state index contributed by atoms with van der Waals surface area (Å²) in [6.07, 6.45) is 0. The van der Waals surface area contributed by atoms with Gasteiger partial charge in [0.05, 0.1) is 0 Å². The highest BCUT2D eigenvalue weighted by Crippen LogP contribution is 2.10. The van der Waals surface area contributed by atoms with Gasteiger partial charge >= 0.3 is 0 Å². The van der Waals surface area contributed by atoms with Crippen molar-refractivity contribution < 1.29 is 5.21 Å². The van der Waals surface area contributed by atoms with Gasteiger partial charge in [-0.25, -0.2) is 0 Å². The van der Waals surface area contributed by atoms with Crippen LogP contribution >= 0.6 is 0 Å². The van der Waals surface area contributed by atoms with E-state index in [0.717, 1.165) is 6.54 Å². The van der Waals surface area contributed by atoms with Gasteiger partial charge in [-0.1, -0.05) is 25.9 Å². The van der Waals surface area contributed by atoms with Crippen molar-refractivity contribution in [1.29, 1.82) is 0 Å². The first-order valence-electron chi connectivity index (χ1n) is 5.07. The van der Waals surface area contributed by atoms with Gasteiger partial charge < -0.3 is 15.8 Å². The molecule has 0 amide bonds. The maximum Gasteiger partial charge on any atom is 0.143 e. The molecule has 0 rings (SSSR count). The monoisotopic (exact) mass is 201 g/mol. The third-order valence-corrected chi connectivity index (χ3v) is 2.84. The second-order valence-corrected chi connectivity index (χ2v) is 4.35. The van der Waals surface area contributed by atoms with Crippen LogP contribution in [-0.4, -0.2) is 35.6 Å². The molecule has 0 saturated heterocycles. The van der Waals surface area contributed by atoms with Crippen LogP contribution < -0.4 is 5.73 Å². The van der Waals surface area contributed by atoms with Crippen molar-refractivity contribution >= 4 is 5.84 Å². The highest BCUT2D eigenvalue weighted by molar-refractivity contribution is 5.82. The quantitative estimate of drug-likeness (QED) is 0.305. The van der Waals surface area contributed by atoms with Crippen molar-refractivity contribution in [3.8, 4) is 0 Å². The largest absolute Gasteiger partial charge is 0.409 e. The molecule has 84 valence electrons. The lowest BCUT2D eigenvalue weighted by Gasteiger charge is -2.29. The molecular formula is C10H23N3O. The van der Waals surface area contributed by atoms with Crippen LogP contribution in [0.25, 0.3) is 0 Å². The van der Waals surface area contributed by atoms with Gasteiger partial charge in [0, 0.05) is 18.5 Å². The minimum Gasteiger partial charge on any atom is -0.409 e. The molecule has 0 aromatic rings. The molecule has 2 unspecified atom stereocenters. The lowest BCUT2D eigenvalue weighted by atomic mass is 10.0. The van der Waals surface area contributed by atoms with E-state index in [1.807, 2.05) is 6.92 Å². The molecule has 0 radical (unpaired) electrons. The Bertz CT molecular complexity index is 192. The molecule has 0 aromatic heterocycles. The Balaban J connectivity index is 4.12. The molecule has 2 atom stereocenters. The molecule has 3 N–H and O–H groups in total. The Kier molecular flexibility index (Phi) is 5.53. The van der Waals surface area contributed by atoms with E-state index in [-0.39, 0.29) is 5.92 Å². The summed E-state index contributed by atoms with van der Waals surface area (Å²) < 4.78 is 0. The molecule has 0 aliphatic carbocycles. The Morgan fingerprint density at radius 3 is 2.21 bits per heavy atom. The standard InChI is InChI=1S/C10H23N3O/c1-7(2)9(4)13(5)6-8(3)10(11)12-14/h7-9,14H,6H2,1-5H3,(H2,11,12). The number of nitrogens with two attached hydrogens (primary N) is 1. The van der Waals surface area contributed by atoms with Crippen LogP contribution in [0, 0.1) is 11.8 Å². The van der Waals surface area contributed by atoms with Crippen molar-refractivity contribution in [3.63, 3.8) is 0 Å². The summed E-state index contributed by atoms with van der Waals surface area (Å²) in [5.74, 6) is 0.999. The summed E-state index contributed by atoms with van der Waals surface area (Å²) in [5, 5.41) is 11.5. The lowest BCUT2D eigenvalue weighted by Crippen LogP contribution is -2.39. The predicted molar refractivity (Wildman–Crippen MR) is 59.5 cm³/mol. The van der Waals surface area contributed by atoms with Crippen LogP contribution in [0.1, 0.15) is 27.7 Å². The van der Waals surface area contributed by atoms with Gasteiger partial charge in [-0.05, 0) is 19.9 Å². The Morgan fingerprint density at radius 1 is 1.36 bits per heavy atom. The van der Waals surface area contributed by atoms with Crippen LogP contribution in [0.3, 0.4) is 0 Å². The van der Waals surface area contributed by atoms with E-state index in [0.29, 0.717) is 17.8 Å². The molecule has 0 fully saturated rings. The normalized spacial score (nSPS) is 17.5. The molecule has 0 aromatic carbocycles. The number of amidine groups is 1. The smallest absolute Gasteiger partial charge is 0.143 e. The fourth-order valence-electron chi connectivity index (χ4n) is 1.30. The molecule has 0 saturated carbocycles. The Labute approximate surface area is 86.8 Å². The summed E-state index contributed by atoms with van der Waals surface area (Å²) in [6.45, 7) is 9.34. The predicted octanol–water partition coefficient (Wildman–Crippen LogP) is 1.35. The van der Waals surface area contributed by atoms with Gasteiger partial charge in [0.1, 0.15) is 5.84 Å². The molecule has 14 heavy (non-hydrogen) atoms. The van der Waals surface area contributed by atoms with Crippen LogP contribution in [0.5, 0.6) is 0 Å². The van der Waals surface area contributed by atoms with Crippen molar-refractivity contribution in [1.82, 2.24) is 4.90 Å². The number of nitrogens with zero attached hydrogens (tertiary/aromatic N) is 2. The fraction of sp³-hybridized carbons (Fsp3) is 0.900. The first-order chi connectivity index (χ1) is 6.40. The number of hydrogen-bond donors (Lipinski definition) is 2. The van der Waals surface area contributed by atoms with Crippen LogP contribution in [0.4, 0.5) is 0 Å². The van der Waals surface area contributed by atoms with Crippen molar-refractivity contribution in [3.05, 3.63) is 0 Å². The molecular weight excluding hydrogens is 178 g/mol. The van der Waals surface area contributed by atoms with Crippen molar-refractivity contribution in [2.45, 2.75) is 33.7 Å². The number of hydrogen-bond acceptors (Lipinski definition) is 3. The summed E-state index contributed by atoms with van der Waals surface area (Å²) in [5.41, 5.74) is 5.51. The molecule has 0 bridgehead atoms. The Hall–Kier alpha value is -0.770. The van der Waals surface area contributed by atoms with Gasteiger partial charge in [0.25, 0.3) is 0 Å². The molecule has 0 spiro atoms. The van der Waals surface area contributed by atoms with Crippen LogP contribution in [-0.2, 0) is 0 Å². The van der Waals surface area contributed by atoms with E-state index in [2.05, 4.69) is 37.9 Å². The zero-order chi connectivity index (χ0) is 11.3. The van der Waals surface area contributed by atoms with Gasteiger partial charge in [-0.15, -0.1) is 0 Å². The lowest BCUT2D eigenvalue weighted by molar-refractivity contribution is 0.196. The maximum absolute atomic E-state index is 8.51. The van der Waals surface area contributed by atoms with Gasteiger partial charge in [0.2, 0.25) is 0 Å². The van der Waals surface area contributed by atoms with Crippen LogP contribution in [0.2, 0.25) is 0 Å². The van der Waals surface area contributed by atoms with Gasteiger partial charge in [-0.2, -0.15) is 0 Å². The first kappa shape index (κ1) is 13.2. The molecule has 0 heterocycles. The van der Waals surface area contributed by atoms with Crippen molar-refractivity contribution in [2.24, 2.45) is 22.7 Å². The van der Waals surface area contributed by atoms with E-state index in [1.54, 1.807) is 0 Å². The minimum atomic E-state index is 0.0891. The fourth-order valence-corrected chi connectivity index (χ4v) is 1.30. The SMILES string of the molecule is CC(CN(C)C(C)C(C)C)/C(N)=N/O. The third kappa shape index (κ3) is 3.96. The van der Waals surface area contributed by atoms with Crippen LogP contribution in [0.15, 0.2) is 5.16 Å². The summed E-state index contributed by atoms with van der Waals surface area (Å²) in [6, 6.07) is 0.504. The number of oxime groups is 1. The maximum atomic E-state index is 8.51. The highest BCUT2D eigenvalue weighted by Gasteiger charge is 2.17. The highest BCUT2D eigenvalue weighted by atomic mass is 16.4. The average Bonchev–Trinajstić information content (AvgIpc) is 2.14. The summed E-state index contributed by atoms with van der Waals surface area (Å²) in [4.78, 5) is 2.23. The molecule has 0 aliphatic rings. The van der Waals surface area contributed by atoms with Gasteiger partial charge in [0.15, 0.2) is 0 Å². The summed E-state index contributed by atoms with van der Waals surface area (Å²) >= 11 is 0. The topological polar surface area (TPSA) is 61.8 Å².